The zero-order valence-electron chi connectivity index (χ0n) is 15.2. The lowest BCUT2D eigenvalue weighted by molar-refractivity contribution is -0.126. The summed E-state index contributed by atoms with van der Waals surface area (Å²) in [5, 5.41) is 5.72. The first kappa shape index (κ1) is 17.9. The number of furan rings is 1. The van der Waals surface area contributed by atoms with E-state index in [4.69, 9.17) is 9.15 Å². The summed E-state index contributed by atoms with van der Waals surface area (Å²) >= 11 is 0. The highest BCUT2D eigenvalue weighted by atomic mass is 16.5. The van der Waals surface area contributed by atoms with Crippen molar-refractivity contribution in [2.45, 2.75) is 13.0 Å². The molecule has 0 radical (unpaired) electrons. The van der Waals surface area contributed by atoms with Crippen LogP contribution in [0.3, 0.4) is 0 Å². The molecule has 2 N–H and O–H groups in total. The van der Waals surface area contributed by atoms with Crippen LogP contribution >= 0.6 is 0 Å². The van der Waals surface area contributed by atoms with E-state index in [1.165, 1.54) is 6.26 Å². The molecule has 1 aliphatic rings. The van der Waals surface area contributed by atoms with Crippen LogP contribution in [0.5, 0.6) is 5.75 Å². The number of amides is 2. The summed E-state index contributed by atoms with van der Waals surface area (Å²) < 4.78 is 10.7. The molecule has 0 saturated heterocycles. The van der Waals surface area contributed by atoms with Crippen LogP contribution in [0.15, 0.2) is 71.3 Å². The van der Waals surface area contributed by atoms with Gasteiger partial charge in [0.15, 0.2) is 5.76 Å². The lowest BCUT2D eigenvalue weighted by Gasteiger charge is -2.24. The molecule has 2 heterocycles. The summed E-state index contributed by atoms with van der Waals surface area (Å²) in [4.78, 5) is 24.4. The van der Waals surface area contributed by atoms with Crippen LogP contribution in [0, 0.1) is 5.92 Å². The van der Waals surface area contributed by atoms with Gasteiger partial charge in [0.25, 0.3) is 5.91 Å². The van der Waals surface area contributed by atoms with E-state index in [0.717, 1.165) is 16.9 Å². The monoisotopic (exact) mass is 376 g/mol. The quantitative estimate of drug-likeness (QED) is 0.715. The molecule has 1 unspecified atom stereocenters. The molecule has 6 nitrogen and oxygen atoms in total. The van der Waals surface area contributed by atoms with Crippen molar-refractivity contribution in [2.75, 3.05) is 11.9 Å². The zero-order valence-corrected chi connectivity index (χ0v) is 15.2. The van der Waals surface area contributed by atoms with Gasteiger partial charge in [-0.2, -0.15) is 0 Å². The van der Waals surface area contributed by atoms with E-state index in [1.54, 1.807) is 24.3 Å². The molecule has 4 rings (SSSR count). The van der Waals surface area contributed by atoms with Crippen LogP contribution < -0.4 is 15.4 Å². The van der Waals surface area contributed by atoms with Crippen molar-refractivity contribution in [2.24, 2.45) is 5.92 Å². The number of benzene rings is 2. The Morgan fingerprint density at radius 3 is 2.61 bits per heavy atom. The van der Waals surface area contributed by atoms with Crippen molar-refractivity contribution in [1.82, 2.24) is 5.32 Å². The van der Waals surface area contributed by atoms with Gasteiger partial charge in [-0.1, -0.05) is 30.3 Å². The highest BCUT2D eigenvalue weighted by Gasteiger charge is 2.25. The summed E-state index contributed by atoms with van der Waals surface area (Å²) in [6.45, 7) is 0.810. The average molecular weight is 376 g/mol. The minimum absolute atomic E-state index is 0.0234. The molecule has 6 heteroatoms. The summed E-state index contributed by atoms with van der Waals surface area (Å²) in [7, 11) is 0. The highest BCUT2D eigenvalue weighted by molar-refractivity contribution is 6.02. The number of hydrogen-bond acceptors (Lipinski definition) is 4. The number of anilines is 1. The van der Waals surface area contributed by atoms with Gasteiger partial charge in [-0.05, 0) is 47.9 Å². The van der Waals surface area contributed by atoms with E-state index in [9.17, 15) is 9.59 Å². The third-order valence-corrected chi connectivity index (χ3v) is 4.67. The first-order valence-electron chi connectivity index (χ1n) is 9.11. The van der Waals surface area contributed by atoms with Gasteiger partial charge in [0.05, 0.1) is 12.2 Å². The number of nitrogens with one attached hydrogen (secondary N) is 2. The largest absolute Gasteiger partial charge is 0.492 e. The number of hydrogen-bond donors (Lipinski definition) is 2. The number of carbonyl (C=O) groups excluding carboxylic acids is 2. The van der Waals surface area contributed by atoms with Gasteiger partial charge < -0.3 is 19.8 Å². The van der Waals surface area contributed by atoms with Crippen LogP contribution in [-0.4, -0.2) is 18.4 Å². The second kappa shape index (κ2) is 8.00. The van der Waals surface area contributed by atoms with Gasteiger partial charge in [0.1, 0.15) is 12.4 Å². The lowest BCUT2D eigenvalue weighted by atomic mass is 9.96. The molecule has 0 aliphatic carbocycles. The third-order valence-electron chi connectivity index (χ3n) is 4.67. The van der Waals surface area contributed by atoms with Gasteiger partial charge in [-0.3, -0.25) is 9.59 Å². The Hall–Kier alpha value is -3.54. The fourth-order valence-electron chi connectivity index (χ4n) is 3.14. The molecule has 2 aromatic carbocycles. The van der Waals surface area contributed by atoms with Crippen molar-refractivity contribution in [3.05, 3.63) is 83.8 Å². The smallest absolute Gasteiger partial charge is 0.291 e. The normalized spacial score (nSPS) is 15.2. The molecule has 0 spiro atoms. The lowest BCUT2D eigenvalue weighted by Crippen LogP contribution is -2.37. The molecule has 3 aromatic rings. The van der Waals surface area contributed by atoms with E-state index in [0.29, 0.717) is 25.3 Å². The number of carbonyl (C=O) groups is 2. The van der Waals surface area contributed by atoms with Gasteiger partial charge in [-0.25, -0.2) is 0 Å². The van der Waals surface area contributed by atoms with E-state index in [1.807, 2.05) is 36.4 Å². The fourth-order valence-corrected chi connectivity index (χ4v) is 3.14. The molecule has 1 atom stereocenters. The minimum atomic E-state index is -0.302. The Bertz CT molecular complexity index is 964. The van der Waals surface area contributed by atoms with E-state index >= 15 is 0 Å². The predicted molar refractivity (Wildman–Crippen MR) is 104 cm³/mol. The number of para-hydroxylation sites is 1. The number of fused-ring (bicyclic) bond motifs is 1. The first-order valence-corrected chi connectivity index (χ1v) is 9.11. The fraction of sp³-hybridized carbons (Fsp3) is 0.182. The van der Waals surface area contributed by atoms with E-state index in [2.05, 4.69) is 10.6 Å². The van der Waals surface area contributed by atoms with E-state index < -0.39 is 0 Å². The van der Waals surface area contributed by atoms with E-state index in [-0.39, 0.29) is 23.5 Å². The molecule has 142 valence electrons. The molecular weight excluding hydrogens is 356 g/mol. The number of ether oxygens (including phenoxy) is 1. The minimum Gasteiger partial charge on any atom is -0.492 e. The summed E-state index contributed by atoms with van der Waals surface area (Å²) in [6.07, 6.45) is 2.14. The molecule has 28 heavy (non-hydrogen) atoms. The van der Waals surface area contributed by atoms with Crippen molar-refractivity contribution < 1.29 is 18.7 Å². The highest BCUT2D eigenvalue weighted by Crippen LogP contribution is 2.26. The Kier molecular flexibility index (Phi) is 5.10. The van der Waals surface area contributed by atoms with Crippen molar-refractivity contribution in [1.29, 1.82) is 0 Å². The standard InChI is InChI=1S/C22H20N2O4/c25-21(17-12-16-4-1-2-5-19(16)28-14-17)23-13-15-7-9-18(10-8-15)24-22(26)20-6-3-11-27-20/h1-11,17H,12-14H2,(H,23,25)(H,24,26). The van der Waals surface area contributed by atoms with Crippen LogP contribution in [0.1, 0.15) is 21.7 Å². The molecule has 0 fully saturated rings. The van der Waals surface area contributed by atoms with Crippen LogP contribution in [0.25, 0.3) is 0 Å². The van der Waals surface area contributed by atoms with Crippen molar-refractivity contribution in [3.8, 4) is 5.75 Å². The van der Waals surface area contributed by atoms with Crippen LogP contribution in [0.4, 0.5) is 5.69 Å². The Morgan fingerprint density at radius 2 is 1.82 bits per heavy atom. The number of rotatable bonds is 5. The van der Waals surface area contributed by atoms with Gasteiger partial charge >= 0.3 is 0 Å². The second-order valence-corrected chi connectivity index (χ2v) is 6.67. The summed E-state index contributed by atoms with van der Waals surface area (Å²) in [5.41, 5.74) is 2.67. The van der Waals surface area contributed by atoms with Crippen LogP contribution in [-0.2, 0) is 17.8 Å². The van der Waals surface area contributed by atoms with Crippen molar-refractivity contribution >= 4 is 17.5 Å². The Labute approximate surface area is 162 Å². The van der Waals surface area contributed by atoms with Gasteiger partial charge in [0, 0.05) is 12.2 Å². The first-order chi connectivity index (χ1) is 13.7. The second-order valence-electron chi connectivity index (χ2n) is 6.67. The Balaban J connectivity index is 1.29. The predicted octanol–water partition coefficient (Wildman–Crippen LogP) is 3.40. The van der Waals surface area contributed by atoms with Gasteiger partial charge in [0.2, 0.25) is 5.91 Å². The Morgan fingerprint density at radius 1 is 1.00 bits per heavy atom. The zero-order chi connectivity index (χ0) is 19.3. The molecule has 1 aliphatic heterocycles. The SMILES string of the molecule is O=C(Nc1ccc(CNC(=O)C2COc3ccccc3C2)cc1)c1ccco1. The maximum absolute atomic E-state index is 12.5. The van der Waals surface area contributed by atoms with Crippen molar-refractivity contribution in [3.63, 3.8) is 0 Å². The molecular formula is C22H20N2O4. The molecule has 1 aromatic heterocycles. The third kappa shape index (κ3) is 4.06. The molecule has 0 bridgehead atoms. The van der Waals surface area contributed by atoms with Crippen LogP contribution in [0.2, 0.25) is 0 Å². The average Bonchev–Trinajstić information content (AvgIpc) is 3.28. The molecule has 0 saturated carbocycles. The summed E-state index contributed by atoms with van der Waals surface area (Å²) in [6, 6.07) is 18.4. The summed E-state index contributed by atoms with van der Waals surface area (Å²) in [5.74, 6) is 0.599. The topological polar surface area (TPSA) is 80.6 Å². The van der Waals surface area contributed by atoms with Gasteiger partial charge in [-0.15, -0.1) is 0 Å². The maximum Gasteiger partial charge on any atom is 0.291 e. The molecule has 2 amide bonds. The maximum atomic E-state index is 12.5.